The Hall–Kier alpha value is -3.38. The summed E-state index contributed by atoms with van der Waals surface area (Å²) < 4.78 is 16.8. The van der Waals surface area contributed by atoms with Gasteiger partial charge in [0.2, 0.25) is 0 Å². The van der Waals surface area contributed by atoms with Gasteiger partial charge in [0.25, 0.3) is 0 Å². The number of unbranched alkanes of at least 4 members (excludes halogenated alkanes) is 2. The van der Waals surface area contributed by atoms with Crippen LogP contribution in [0.2, 0.25) is 0 Å². The molecule has 1 aliphatic carbocycles. The van der Waals surface area contributed by atoms with Gasteiger partial charge in [0, 0.05) is 5.57 Å². The minimum atomic E-state index is -1.40. The summed E-state index contributed by atoms with van der Waals surface area (Å²) in [4.78, 5) is 24.4. The molecule has 0 heterocycles. The highest BCUT2D eigenvalue weighted by Gasteiger charge is 2.26. The molecule has 1 atom stereocenters. The zero-order valence-corrected chi connectivity index (χ0v) is 28.2. The molecule has 0 aliphatic heterocycles. The maximum Gasteiger partial charge on any atom is 0.336 e. The van der Waals surface area contributed by atoms with Crippen molar-refractivity contribution >= 4 is 11.9 Å². The Kier molecular flexibility index (Phi) is 13.9. The summed E-state index contributed by atoms with van der Waals surface area (Å²) >= 11 is 0. The van der Waals surface area contributed by atoms with Crippen LogP contribution in [0.1, 0.15) is 103 Å². The Morgan fingerprint density at radius 2 is 1.56 bits per heavy atom. The second kappa shape index (κ2) is 17.4. The molecule has 1 N–H and O–H groups in total. The van der Waals surface area contributed by atoms with E-state index in [0.717, 1.165) is 12.3 Å². The predicted octanol–water partition coefficient (Wildman–Crippen LogP) is 8.75. The van der Waals surface area contributed by atoms with Crippen LogP contribution in [0.3, 0.4) is 0 Å². The van der Waals surface area contributed by atoms with Gasteiger partial charge in [-0.15, -0.1) is 0 Å². The molecule has 0 saturated heterocycles. The molecule has 0 radical (unpaired) electrons. The molecular formula is C39H54O6. The number of hydrogen-bond acceptors (Lipinski definition) is 6. The van der Waals surface area contributed by atoms with E-state index in [0.29, 0.717) is 11.7 Å². The van der Waals surface area contributed by atoms with Crippen molar-refractivity contribution in [3.63, 3.8) is 0 Å². The molecule has 1 unspecified atom stereocenters. The number of aryl methyl sites for hydroxylation is 1. The van der Waals surface area contributed by atoms with Gasteiger partial charge in [0.1, 0.15) is 19.0 Å². The molecule has 6 heteroatoms. The smallest absolute Gasteiger partial charge is 0.336 e. The van der Waals surface area contributed by atoms with Gasteiger partial charge in [-0.25, -0.2) is 9.59 Å². The monoisotopic (exact) mass is 618 g/mol. The number of esters is 2. The highest BCUT2D eigenvalue weighted by atomic mass is 16.6. The Morgan fingerprint density at radius 1 is 0.911 bits per heavy atom. The number of ether oxygens (including phenoxy) is 3. The van der Waals surface area contributed by atoms with E-state index in [1.807, 2.05) is 12.1 Å². The highest BCUT2D eigenvalue weighted by molar-refractivity contribution is 5.89. The van der Waals surface area contributed by atoms with E-state index in [1.54, 1.807) is 6.92 Å². The molecule has 0 amide bonds. The Morgan fingerprint density at radius 3 is 2.13 bits per heavy atom. The van der Waals surface area contributed by atoms with Crippen molar-refractivity contribution in [2.75, 3.05) is 19.8 Å². The molecule has 1 fully saturated rings. The first-order valence-electron chi connectivity index (χ1n) is 16.7. The fourth-order valence-electron chi connectivity index (χ4n) is 5.84. The summed E-state index contributed by atoms with van der Waals surface area (Å²) in [5, 5.41) is 10.1. The number of benzene rings is 2. The van der Waals surface area contributed by atoms with Crippen molar-refractivity contribution in [1.29, 1.82) is 0 Å². The van der Waals surface area contributed by atoms with Crippen molar-refractivity contribution in [3.8, 4) is 16.9 Å². The van der Waals surface area contributed by atoms with Crippen LogP contribution in [0.25, 0.3) is 11.1 Å². The maximum absolute atomic E-state index is 12.4. The first-order valence-corrected chi connectivity index (χ1v) is 16.7. The van der Waals surface area contributed by atoms with E-state index in [9.17, 15) is 14.7 Å². The lowest BCUT2D eigenvalue weighted by atomic mass is 9.77. The molecule has 3 rings (SSSR count). The number of aliphatic hydroxyl groups is 1. The molecule has 0 aromatic heterocycles. The average Bonchev–Trinajstić information content (AvgIpc) is 3.03. The molecule has 0 spiro atoms. The summed E-state index contributed by atoms with van der Waals surface area (Å²) in [7, 11) is 0. The lowest BCUT2D eigenvalue weighted by Crippen LogP contribution is -2.31. The predicted molar refractivity (Wildman–Crippen MR) is 181 cm³/mol. The Bertz CT molecular complexity index is 1280. The van der Waals surface area contributed by atoms with Crippen molar-refractivity contribution in [1.82, 2.24) is 0 Å². The summed E-state index contributed by atoms with van der Waals surface area (Å²) in [6, 6.07) is 15.2. The number of carbonyl (C=O) groups is 2. The van der Waals surface area contributed by atoms with Crippen molar-refractivity contribution in [2.24, 2.45) is 11.8 Å². The summed E-state index contributed by atoms with van der Waals surface area (Å²) in [6.07, 6.45) is 11.6. The lowest BCUT2D eigenvalue weighted by molar-refractivity contribution is -0.146. The van der Waals surface area contributed by atoms with Gasteiger partial charge >= 0.3 is 11.9 Å². The number of rotatable bonds is 17. The van der Waals surface area contributed by atoms with Gasteiger partial charge in [0.05, 0.1) is 23.7 Å². The third-order valence-electron chi connectivity index (χ3n) is 8.93. The fourth-order valence-corrected chi connectivity index (χ4v) is 5.84. The van der Waals surface area contributed by atoms with Crippen LogP contribution >= 0.6 is 0 Å². The highest BCUT2D eigenvalue weighted by Crippen LogP contribution is 2.38. The molecule has 2 aromatic carbocycles. The van der Waals surface area contributed by atoms with E-state index in [4.69, 9.17) is 14.2 Å². The third kappa shape index (κ3) is 11.2. The van der Waals surface area contributed by atoms with E-state index in [2.05, 4.69) is 57.3 Å². The zero-order valence-electron chi connectivity index (χ0n) is 28.2. The van der Waals surface area contributed by atoms with E-state index in [1.165, 1.54) is 87.5 Å². The van der Waals surface area contributed by atoms with Gasteiger partial charge in [-0.2, -0.15) is 0 Å². The van der Waals surface area contributed by atoms with Crippen LogP contribution in [0.15, 0.2) is 66.8 Å². The van der Waals surface area contributed by atoms with Crippen LogP contribution in [-0.4, -0.2) is 42.5 Å². The summed E-state index contributed by atoms with van der Waals surface area (Å²) in [5.74, 6) is 0.596. The molecule has 0 bridgehead atoms. The molecule has 246 valence electrons. The van der Waals surface area contributed by atoms with E-state index in [-0.39, 0.29) is 31.0 Å². The van der Waals surface area contributed by atoms with Gasteiger partial charge in [-0.1, -0.05) is 83.0 Å². The zero-order chi connectivity index (χ0) is 33.0. The first-order chi connectivity index (χ1) is 21.4. The molecule has 45 heavy (non-hydrogen) atoms. The average molecular weight is 619 g/mol. The minimum Gasteiger partial charge on any atom is -0.493 e. The first kappa shape index (κ1) is 36.1. The molecule has 1 saturated carbocycles. The number of hydrogen-bond donors (Lipinski definition) is 1. The van der Waals surface area contributed by atoms with Crippen molar-refractivity contribution < 1.29 is 28.9 Å². The second-order valence-electron chi connectivity index (χ2n) is 13.2. The van der Waals surface area contributed by atoms with Crippen LogP contribution in [0.4, 0.5) is 0 Å². The standard InChI is InChI=1S/C39H54O6/c1-8-10-11-12-29-13-15-32(16-14-29)33-17-19-34(20-18-33)36-22-21-35(23-31(36)9-2)43-24-30(25-44-37(40)27(3)4)26-45-38(41)28(5)39(6,7)42/h17-23,29-30,32,42H,3,5,8-16,24-26H2,1-2,4,6-7H3. The van der Waals surface area contributed by atoms with E-state index >= 15 is 0 Å². The maximum atomic E-state index is 12.4. The lowest BCUT2D eigenvalue weighted by Gasteiger charge is -2.29. The van der Waals surface area contributed by atoms with Crippen LogP contribution < -0.4 is 4.74 Å². The largest absolute Gasteiger partial charge is 0.493 e. The van der Waals surface area contributed by atoms with Crippen molar-refractivity contribution in [3.05, 3.63) is 77.9 Å². The molecule has 2 aromatic rings. The van der Waals surface area contributed by atoms with Gasteiger partial charge in [-0.3, -0.25) is 0 Å². The number of carbonyl (C=O) groups excluding carboxylic acids is 2. The van der Waals surface area contributed by atoms with Crippen molar-refractivity contribution in [2.45, 2.75) is 104 Å². The van der Waals surface area contributed by atoms with Crippen LogP contribution in [-0.2, 0) is 25.5 Å². The minimum absolute atomic E-state index is 0.0143. The van der Waals surface area contributed by atoms with Crippen LogP contribution in [0.5, 0.6) is 5.75 Å². The summed E-state index contributed by atoms with van der Waals surface area (Å²) in [5.41, 5.74) is 3.83. The van der Waals surface area contributed by atoms with Gasteiger partial charge < -0.3 is 19.3 Å². The third-order valence-corrected chi connectivity index (χ3v) is 8.93. The Labute approximate surface area is 270 Å². The normalized spacial score (nSPS) is 17.3. The SMILES string of the molecule is C=C(C)C(=O)OCC(COC(=O)C(=C)C(C)(C)O)COc1ccc(-c2ccc(C3CCC(CCCCC)CC3)cc2)c(CC)c1. The van der Waals surface area contributed by atoms with Gasteiger partial charge in [0.15, 0.2) is 0 Å². The second-order valence-corrected chi connectivity index (χ2v) is 13.2. The molecular weight excluding hydrogens is 564 g/mol. The summed E-state index contributed by atoms with van der Waals surface area (Å²) in [6.45, 7) is 16.2. The topological polar surface area (TPSA) is 82.1 Å². The molecule has 6 nitrogen and oxygen atoms in total. The van der Waals surface area contributed by atoms with Gasteiger partial charge in [-0.05, 0) is 99.1 Å². The molecule has 1 aliphatic rings. The quantitative estimate of drug-likeness (QED) is 0.108. The van der Waals surface area contributed by atoms with E-state index < -0.39 is 23.5 Å². The van der Waals surface area contributed by atoms with Crippen LogP contribution in [0, 0.1) is 11.8 Å². The Balaban J connectivity index is 1.63. The fraction of sp³-hybridized carbons (Fsp3) is 0.538.